The van der Waals surface area contributed by atoms with Crippen LogP contribution in [0.25, 0.3) is 5.69 Å². The molecule has 0 aliphatic carbocycles. The van der Waals surface area contributed by atoms with Crippen molar-refractivity contribution < 1.29 is 27.2 Å². The predicted molar refractivity (Wildman–Crippen MR) is 111 cm³/mol. The highest BCUT2D eigenvalue weighted by Crippen LogP contribution is 2.38. The molecular weight excluding hydrogens is 448 g/mol. The van der Waals surface area contributed by atoms with Crippen LogP contribution in [0, 0.1) is 5.82 Å². The number of carbonyl (C=O) groups is 2. The molecule has 2 heterocycles. The van der Waals surface area contributed by atoms with Crippen molar-refractivity contribution in [2.24, 2.45) is 0 Å². The van der Waals surface area contributed by atoms with Gasteiger partial charge in [-0.3, -0.25) is 19.1 Å². The molecule has 0 saturated heterocycles. The first kappa shape index (κ1) is 21.9. The summed E-state index contributed by atoms with van der Waals surface area (Å²) in [7, 11) is 0. The highest BCUT2D eigenvalue weighted by molar-refractivity contribution is 7.99. The van der Waals surface area contributed by atoms with E-state index in [1.807, 2.05) is 0 Å². The number of imidazole rings is 1. The first-order chi connectivity index (χ1) is 15.2. The summed E-state index contributed by atoms with van der Waals surface area (Å²) in [4.78, 5) is 29.8. The molecule has 3 aromatic rings. The van der Waals surface area contributed by atoms with Crippen LogP contribution in [-0.4, -0.2) is 39.3 Å². The van der Waals surface area contributed by atoms with Gasteiger partial charge in [0.1, 0.15) is 11.9 Å². The molecule has 11 heteroatoms. The molecule has 2 amide bonds. The molecule has 0 saturated carbocycles. The van der Waals surface area contributed by atoms with Crippen LogP contribution in [-0.2, 0) is 9.59 Å². The van der Waals surface area contributed by atoms with Gasteiger partial charge in [-0.05, 0) is 30.3 Å². The summed E-state index contributed by atoms with van der Waals surface area (Å²) < 4.78 is 56.5. The number of hydrogen-bond donors (Lipinski definition) is 1. The summed E-state index contributed by atoms with van der Waals surface area (Å²) in [5.41, 5.74) is 0.559. The number of carbonyl (C=O) groups excluding carboxylic acids is 2. The zero-order valence-electron chi connectivity index (χ0n) is 16.3. The third-order valence-electron chi connectivity index (χ3n) is 4.79. The number of nitrogens with one attached hydrogen (secondary N) is 1. The fourth-order valence-electron chi connectivity index (χ4n) is 3.41. The number of amides is 2. The van der Waals surface area contributed by atoms with Crippen molar-refractivity contribution in [3.8, 4) is 5.69 Å². The molecule has 0 spiro atoms. The summed E-state index contributed by atoms with van der Waals surface area (Å²) in [5.74, 6) is -2.50. The molecule has 0 radical (unpaired) electrons. The lowest BCUT2D eigenvalue weighted by Gasteiger charge is -2.31. The van der Waals surface area contributed by atoms with Crippen molar-refractivity contribution >= 4 is 35.0 Å². The van der Waals surface area contributed by atoms with Gasteiger partial charge in [-0.2, -0.15) is 13.2 Å². The van der Waals surface area contributed by atoms with E-state index >= 15 is 0 Å². The number of fused-ring (bicyclic) bond motifs is 1. The average molecular weight is 464 g/mol. The maximum atomic E-state index is 13.8. The lowest BCUT2D eigenvalue weighted by atomic mass is 10.1. The molecule has 1 aliphatic heterocycles. The number of alkyl halides is 3. The van der Waals surface area contributed by atoms with Gasteiger partial charge in [-0.1, -0.05) is 30.0 Å². The van der Waals surface area contributed by atoms with Gasteiger partial charge < -0.3 is 5.32 Å². The average Bonchev–Trinajstić information content (AvgIpc) is 3.14. The third kappa shape index (κ3) is 4.47. The molecule has 0 bridgehead atoms. The number of hydrogen-bond acceptors (Lipinski definition) is 4. The van der Waals surface area contributed by atoms with Gasteiger partial charge in [0.05, 0.1) is 29.2 Å². The molecule has 1 N–H and O–H groups in total. The highest BCUT2D eigenvalue weighted by atomic mass is 32.2. The summed E-state index contributed by atoms with van der Waals surface area (Å²) in [6, 6.07) is 9.24. The summed E-state index contributed by atoms with van der Waals surface area (Å²) in [5, 5.41) is 2.73. The highest BCUT2D eigenvalue weighted by Gasteiger charge is 2.48. The number of anilines is 2. The number of rotatable bonds is 4. The van der Waals surface area contributed by atoms with Crippen molar-refractivity contribution in [2.45, 2.75) is 23.8 Å². The van der Waals surface area contributed by atoms with Crippen LogP contribution >= 0.6 is 11.8 Å². The van der Waals surface area contributed by atoms with Crippen molar-refractivity contribution in [2.75, 3.05) is 16.0 Å². The number of nitrogens with zero attached hydrogens (tertiary/aromatic N) is 3. The van der Waals surface area contributed by atoms with Crippen LogP contribution in [0.1, 0.15) is 6.42 Å². The second-order valence-electron chi connectivity index (χ2n) is 6.94. The van der Waals surface area contributed by atoms with Crippen molar-refractivity contribution in [3.63, 3.8) is 0 Å². The Morgan fingerprint density at radius 1 is 1.19 bits per heavy atom. The molecule has 32 heavy (non-hydrogen) atoms. The van der Waals surface area contributed by atoms with Crippen LogP contribution in [0.15, 0.2) is 66.1 Å². The van der Waals surface area contributed by atoms with E-state index in [0.29, 0.717) is 15.7 Å². The Hall–Kier alpha value is -3.34. The smallest absolute Gasteiger partial charge is 0.324 e. The lowest BCUT2D eigenvalue weighted by Crippen LogP contribution is -2.50. The Labute approximate surface area is 184 Å². The van der Waals surface area contributed by atoms with E-state index < -0.39 is 36.3 Å². The van der Waals surface area contributed by atoms with Crippen molar-refractivity contribution in [1.82, 2.24) is 9.55 Å². The summed E-state index contributed by atoms with van der Waals surface area (Å²) in [6.07, 6.45) is -2.72. The zero-order valence-corrected chi connectivity index (χ0v) is 17.2. The van der Waals surface area contributed by atoms with E-state index in [-0.39, 0.29) is 17.1 Å². The van der Waals surface area contributed by atoms with E-state index in [0.717, 1.165) is 11.8 Å². The minimum Gasteiger partial charge on any atom is -0.324 e. The van der Waals surface area contributed by atoms with Crippen LogP contribution in [0.5, 0.6) is 0 Å². The fourth-order valence-corrected chi connectivity index (χ4v) is 4.24. The van der Waals surface area contributed by atoms with E-state index in [1.165, 1.54) is 47.2 Å². The van der Waals surface area contributed by atoms with Gasteiger partial charge >= 0.3 is 6.18 Å². The first-order valence-electron chi connectivity index (χ1n) is 9.44. The molecule has 1 atom stereocenters. The van der Waals surface area contributed by atoms with Crippen molar-refractivity contribution in [1.29, 1.82) is 0 Å². The maximum Gasteiger partial charge on any atom is 0.409 e. The van der Waals surface area contributed by atoms with Gasteiger partial charge in [0.15, 0.2) is 5.16 Å². The van der Waals surface area contributed by atoms with E-state index in [2.05, 4.69) is 10.3 Å². The summed E-state index contributed by atoms with van der Waals surface area (Å²) >= 11 is 0.917. The van der Waals surface area contributed by atoms with Crippen LogP contribution in [0.3, 0.4) is 0 Å². The number of halogens is 4. The SMILES string of the molecule is O=C1CC(C(F)(F)F)N(C(=O)CSc2nccn2-c2cccc(F)c2)c2ccccc2N1. The normalized spacial score (nSPS) is 16.3. The Morgan fingerprint density at radius 3 is 2.72 bits per heavy atom. The predicted octanol–water partition coefficient (Wildman–Crippen LogP) is 4.41. The Balaban J connectivity index is 1.62. The molecule has 1 aromatic heterocycles. The van der Waals surface area contributed by atoms with Crippen LogP contribution in [0.2, 0.25) is 0 Å². The Bertz CT molecular complexity index is 1160. The number of thioether (sulfide) groups is 1. The van der Waals surface area contributed by atoms with E-state index in [1.54, 1.807) is 18.3 Å². The molecule has 6 nitrogen and oxygen atoms in total. The first-order valence-corrected chi connectivity index (χ1v) is 10.4. The maximum absolute atomic E-state index is 13.8. The quantitative estimate of drug-likeness (QED) is 0.459. The van der Waals surface area contributed by atoms with Gasteiger partial charge in [0, 0.05) is 12.4 Å². The zero-order chi connectivity index (χ0) is 22.9. The largest absolute Gasteiger partial charge is 0.409 e. The molecule has 1 unspecified atom stereocenters. The molecule has 2 aromatic carbocycles. The minimum absolute atomic E-state index is 0.0280. The van der Waals surface area contributed by atoms with Gasteiger partial charge in [0.25, 0.3) is 0 Å². The molecular formula is C21H16F4N4O2S. The second-order valence-corrected chi connectivity index (χ2v) is 7.88. The molecule has 0 fully saturated rings. The number of para-hydroxylation sites is 2. The monoisotopic (exact) mass is 464 g/mol. The Kier molecular flexibility index (Phi) is 5.92. The lowest BCUT2D eigenvalue weighted by molar-refractivity contribution is -0.157. The summed E-state index contributed by atoms with van der Waals surface area (Å²) in [6.45, 7) is 0. The standard InChI is InChI=1S/C21H16F4N4O2S/c22-13-4-3-5-14(10-13)28-9-8-26-20(28)32-12-19(31)29-16-7-2-1-6-15(16)27-18(30)11-17(29)21(23,24)25/h1-10,17H,11-12H2,(H,27,30). The minimum atomic E-state index is -4.81. The van der Waals surface area contributed by atoms with Gasteiger partial charge in [-0.15, -0.1) is 0 Å². The molecule has 166 valence electrons. The van der Waals surface area contributed by atoms with Gasteiger partial charge in [0.2, 0.25) is 11.8 Å². The molecule has 4 rings (SSSR count). The Morgan fingerprint density at radius 2 is 1.97 bits per heavy atom. The number of aromatic nitrogens is 2. The van der Waals surface area contributed by atoms with Gasteiger partial charge in [-0.25, -0.2) is 9.37 Å². The van der Waals surface area contributed by atoms with Crippen molar-refractivity contribution in [3.05, 3.63) is 66.7 Å². The van der Waals surface area contributed by atoms with E-state index in [9.17, 15) is 27.2 Å². The number of benzene rings is 2. The fraction of sp³-hybridized carbons (Fsp3) is 0.190. The topological polar surface area (TPSA) is 67.2 Å². The molecule has 1 aliphatic rings. The second kappa shape index (κ2) is 8.65. The van der Waals surface area contributed by atoms with Crippen LogP contribution in [0.4, 0.5) is 28.9 Å². The third-order valence-corrected chi connectivity index (χ3v) is 5.74. The van der Waals surface area contributed by atoms with E-state index in [4.69, 9.17) is 0 Å². The van der Waals surface area contributed by atoms with Crippen LogP contribution < -0.4 is 10.2 Å².